The highest BCUT2D eigenvalue weighted by molar-refractivity contribution is 7.89. The van der Waals surface area contributed by atoms with Crippen LogP contribution in [-0.4, -0.2) is 41.1 Å². The van der Waals surface area contributed by atoms with Gasteiger partial charge in [0.25, 0.3) is 10.0 Å². The molecule has 0 saturated carbocycles. The lowest BCUT2D eigenvalue weighted by molar-refractivity contribution is 0.557. The lowest BCUT2D eigenvalue weighted by atomic mass is 10.4. The first-order chi connectivity index (χ1) is 9.04. The Morgan fingerprint density at radius 1 is 1.42 bits per heavy atom. The third-order valence-corrected chi connectivity index (χ3v) is 3.87. The second-order valence-corrected chi connectivity index (χ2v) is 5.35. The number of aromatic nitrogens is 5. The predicted molar refractivity (Wildman–Crippen MR) is 66.7 cm³/mol. The largest absolute Gasteiger partial charge is 0.386 e. The normalized spacial score (nSPS) is 13.2. The molecule has 0 spiro atoms. The number of rotatable bonds is 5. The minimum absolute atomic E-state index is 0.0761. The first-order valence-electron chi connectivity index (χ1n) is 5.43. The molecule has 0 aromatic carbocycles. The lowest BCUT2D eigenvalue weighted by Crippen LogP contribution is -2.29. The van der Waals surface area contributed by atoms with Crippen LogP contribution in [0, 0.1) is 0 Å². The van der Waals surface area contributed by atoms with Crippen LogP contribution in [0.1, 0.15) is 18.8 Å². The van der Waals surface area contributed by atoms with Crippen molar-refractivity contribution in [3.8, 4) is 0 Å². The van der Waals surface area contributed by atoms with Crippen LogP contribution in [0.4, 0.5) is 5.69 Å². The highest BCUT2D eigenvalue weighted by Gasteiger charge is 2.24. The van der Waals surface area contributed by atoms with Crippen LogP contribution in [0.2, 0.25) is 0 Å². The van der Waals surface area contributed by atoms with Crippen molar-refractivity contribution in [2.45, 2.75) is 18.0 Å². The van der Waals surface area contributed by atoms with Crippen LogP contribution in [0.5, 0.6) is 0 Å². The Balaban J connectivity index is 2.28. The van der Waals surface area contributed by atoms with E-state index >= 15 is 0 Å². The fourth-order valence-corrected chi connectivity index (χ4v) is 2.83. The Labute approximate surface area is 109 Å². The van der Waals surface area contributed by atoms with Gasteiger partial charge < -0.3 is 5.32 Å². The van der Waals surface area contributed by atoms with E-state index in [1.165, 1.54) is 6.20 Å². The number of sulfonamides is 1. The molecule has 0 aliphatic heterocycles. The molecule has 2 rings (SSSR count). The van der Waals surface area contributed by atoms with Crippen LogP contribution in [0.3, 0.4) is 0 Å². The van der Waals surface area contributed by atoms with Crippen molar-refractivity contribution in [2.24, 2.45) is 0 Å². The van der Waals surface area contributed by atoms with Gasteiger partial charge in [0.15, 0.2) is 10.9 Å². The van der Waals surface area contributed by atoms with E-state index in [9.17, 15) is 8.42 Å². The molecular formula is C9H13N7O2S. The molecule has 19 heavy (non-hydrogen) atoms. The van der Waals surface area contributed by atoms with Crippen LogP contribution in [-0.2, 0) is 10.0 Å². The van der Waals surface area contributed by atoms with Crippen molar-refractivity contribution < 1.29 is 8.42 Å². The number of pyridine rings is 1. The number of aromatic amines is 1. The minimum Gasteiger partial charge on any atom is -0.386 e. The molecule has 3 N–H and O–H groups in total. The van der Waals surface area contributed by atoms with Crippen molar-refractivity contribution in [3.63, 3.8) is 0 Å². The number of nitrogens with one attached hydrogen (secondary N) is 3. The summed E-state index contributed by atoms with van der Waals surface area (Å²) in [5.41, 5.74) is 0.412. The third-order valence-electron chi connectivity index (χ3n) is 2.38. The van der Waals surface area contributed by atoms with Crippen LogP contribution >= 0.6 is 0 Å². The maximum Gasteiger partial charge on any atom is 0.260 e. The topological polar surface area (TPSA) is 126 Å². The molecule has 0 fully saturated rings. The monoisotopic (exact) mass is 283 g/mol. The van der Waals surface area contributed by atoms with Crippen molar-refractivity contribution in [1.82, 2.24) is 30.3 Å². The number of hydrogen-bond donors (Lipinski definition) is 3. The molecule has 0 bridgehead atoms. The van der Waals surface area contributed by atoms with Crippen molar-refractivity contribution in [1.29, 1.82) is 0 Å². The third kappa shape index (κ3) is 2.85. The van der Waals surface area contributed by atoms with Gasteiger partial charge in [0.2, 0.25) is 0 Å². The Morgan fingerprint density at radius 3 is 2.84 bits per heavy atom. The highest BCUT2D eigenvalue weighted by atomic mass is 32.2. The predicted octanol–water partition coefficient (Wildman–Crippen LogP) is -0.324. The average Bonchev–Trinajstić information content (AvgIpc) is 2.92. The molecule has 1 unspecified atom stereocenters. The molecule has 0 aliphatic carbocycles. The molecule has 2 aromatic heterocycles. The summed E-state index contributed by atoms with van der Waals surface area (Å²) >= 11 is 0. The van der Waals surface area contributed by atoms with Gasteiger partial charge in [0, 0.05) is 13.2 Å². The SMILES string of the molecule is CNc1cccnc1S(=O)(=O)NC(C)c1nn[nH]n1. The minimum atomic E-state index is -3.77. The fraction of sp³-hybridized carbons (Fsp3) is 0.333. The van der Waals surface area contributed by atoms with Gasteiger partial charge in [-0.2, -0.15) is 9.94 Å². The first-order valence-corrected chi connectivity index (χ1v) is 6.91. The molecule has 0 radical (unpaired) electrons. The molecule has 2 aromatic rings. The fourth-order valence-electron chi connectivity index (χ4n) is 1.49. The maximum atomic E-state index is 12.2. The summed E-state index contributed by atoms with van der Waals surface area (Å²) in [6.45, 7) is 1.62. The Bertz CT molecular complexity index is 640. The summed E-state index contributed by atoms with van der Waals surface area (Å²) < 4.78 is 26.9. The molecule has 102 valence electrons. The van der Waals surface area contributed by atoms with E-state index in [1.807, 2.05) is 0 Å². The summed E-state index contributed by atoms with van der Waals surface area (Å²) in [5.74, 6) is 0.255. The quantitative estimate of drug-likeness (QED) is 0.686. The van der Waals surface area contributed by atoms with Gasteiger partial charge in [-0.05, 0) is 19.1 Å². The molecule has 0 saturated heterocycles. The Kier molecular flexibility index (Phi) is 3.71. The molecule has 2 heterocycles. The van der Waals surface area contributed by atoms with Crippen LogP contribution in [0.25, 0.3) is 0 Å². The van der Waals surface area contributed by atoms with Crippen molar-refractivity contribution in [3.05, 3.63) is 24.2 Å². The molecule has 1 atom stereocenters. The van der Waals surface area contributed by atoms with Gasteiger partial charge >= 0.3 is 0 Å². The Hall–Kier alpha value is -2.07. The van der Waals surface area contributed by atoms with E-state index in [2.05, 4.69) is 35.6 Å². The van der Waals surface area contributed by atoms with Gasteiger partial charge in [-0.25, -0.2) is 13.4 Å². The van der Waals surface area contributed by atoms with Gasteiger partial charge in [-0.3, -0.25) is 0 Å². The smallest absolute Gasteiger partial charge is 0.260 e. The summed E-state index contributed by atoms with van der Waals surface area (Å²) in [4.78, 5) is 3.88. The first kappa shape index (κ1) is 13.4. The lowest BCUT2D eigenvalue weighted by Gasteiger charge is -2.12. The van der Waals surface area contributed by atoms with Gasteiger partial charge in [-0.1, -0.05) is 5.21 Å². The van der Waals surface area contributed by atoms with Crippen LogP contribution < -0.4 is 10.0 Å². The zero-order valence-corrected chi connectivity index (χ0v) is 11.1. The summed E-state index contributed by atoms with van der Waals surface area (Å²) in [5, 5.41) is 15.8. The van der Waals surface area contributed by atoms with Crippen molar-refractivity contribution >= 4 is 15.7 Å². The second kappa shape index (κ2) is 5.28. The molecule has 10 heteroatoms. The second-order valence-electron chi connectivity index (χ2n) is 3.72. The van der Waals surface area contributed by atoms with E-state index in [0.717, 1.165) is 0 Å². The number of H-pyrrole nitrogens is 1. The Morgan fingerprint density at radius 2 is 2.21 bits per heavy atom. The van der Waals surface area contributed by atoms with E-state index in [1.54, 1.807) is 26.1 Å². The zero-order valence-electron chi connectivity index (χ0n) is 10.3. The summed E-state index contributed by atoms with van der Waals surface area (Å²) in [7, 11) is -2.15. The molecular weight excluding hydrogens is 270 g/mol. The van der Waals surface area contributed by atoms with E-state index < -0.39 is 16.1 Å². The zero-order chi connectivity index (χ0) is 13.9. The summed E-state index contributed by atoms with van der Waals surface area (Å²) in [6.07, 6.45) is 1.41. The number of tetrazole rings is 1. The summed E-state index contributed by atoms with van der Waals surface area (Å²) in [6, 6.07) is 2.66. The molecule has 0 aliphatic rings. The average molecular weight is 283 g/mol. The standard InChI is InChI=1S/C9H13N7O2S/c1-6(8-12-15-16-13-8)14-19(17,18)9-7(10-2)4-3-5-11-9/h3-6,10,14H,1-2H3,(H,12,13,15,16). The van der Waals surface area contributed by atoms with Gasteiger partial charge in [0.05, 0.1) is 11.7 Å². The van der Waals surface area contributed by atoms with Crippen molar-refractivity contribution in [2.75, 3.05) is 12.4 Å². The number of nitrogens with zero attached hydrogens (tertiary/aromatic N) is 4. The van der Waals surface area contributed by atoms with E-state index in [4.69, 9.17) is 0 Å². The maximum absolute atomic E-state index is 12.2. The van der Waals surface area contributed by atoms with Gasteiger partial charge in [0.1, 0.15) is 0 Å². The highest BCUT2D eigenvalue weighted by Crippen LogP contribution is 2.19. The molecule has 9 nitrogen and oxygen atoms in total. The van der Waals surface area contributed by atoms with E-state index in [-0.39, 0.29) is 10.9 Å². The van der Waals surface area contributed by atoms with E-state index in [0.29, 0.717) is 5.69 Å². The number of anilines is 1. The van der Waals surface area contributed by atoms with Gasteiger partial charge in [-0.15, -0.1) is 10.2 Å². The number of hydrogen-bond acceptors (Lipinski definition) is 7. The van der Waals surface area contributed by atoms with Crippen LogP contribution in [0.15, 0.2) is 23.4 Å². The molecule has 0 amide bonds.